The van der Waals surface area contributed by atoms with Crippen LogP contribution in [0.15, 0.2) is 65.1 Å². The smallest absolute Gasteiger partial charge is 0.214 e. The number of para-hydroxylation sites is 2. The molecule has 0 saturated carbocycles. The lowest BCUT2D eigenvalue weighted by Gasteiger charge is -2.22. The van der Waals surface area contributed by atoms with Gasteiger partial charge in [-0.15, -0.1) is 0 Å². The minimum Gasteiger partial charge on any atom is -0.507 e. The average Bonchev–Trinajstić information content (AvgIpc) is 2.94. The summed E-state index contributed by atoms with van der Waals surface area (Å²) in [4.78, 5) is 0. The molecule has 3 aromatic rings. The van der Waals surface area contributed by atoms with E-state index < -0.39 is 6.10 Å². The Balaban J connectivity index is 1.83. The van der Waals surface area contributed by atoms with E-state index in [1.807, 2.05) is 54.6 Å². The molecule has 0 amide bonds. The van der Waals surface area contributed by atoms with E-state index in [2.05, 4.69) is 0 Å². The molecule has 0 aliphatic heterocycles. The van der Waals surface area contributed by atoms with Gasteiger partial charge in [-0.25, -0.2) is 0 Å². The molecule has 0 radical (unpaired) electrons. The standard InChI is InChI=1S/C21H18N2O3/c22-20-19-15(12-13-6-4-5-9-16(13)24)17(10-11-18(19)26-21(20)23)25-14-7-2-1-3-8-14/h1-12,17,24H,22-23H2. The lowest BCUT2D eigenvalue weighted by molar-refractivity contribution is 0.304. The van der Waals surface area contributed by atoms with Crippen LogP contribution in [0.2, 0.25) is 0 Å². The molecule has 1 unspecified atom stereocenters. The van der Waals surface area contributed by atoms with Crippen molar-refractivity contribution >= 4 is 29.3 Å². The molecule has 1 aromatic heterocycles. The molecule has 1 aliphatic rings. The number of rotatable bonds is 3. The second kappa shape index (κ2) is 6.37. The number of furan rings is 1. The van der Waals surface area contributed by atoms with Gasteiger partial charge in [0.25, 0.3) is 0 Å². The molecule has 130 valence electrons. The number of phenols is 1. The number of fused-ring (bicyclic) bond motifs is 1. The Hall–Kier alpha value is -3.60. The topological polar surface area (TPSA) is 94.6 Å². The first-order valence-electron chi connectivity index (χ1n) is 8.21. The number of anilines is 2. The summed E-state index contributed by atoms with van der Waals surface area (Å²) in [5.74, 6) is 1.64. The summed E-state index contributed by atoms with van der Waals surface area (Å²) in [6, 6.07) is 16.6. The van der Waals surface area contributed by atoms with Gasteiger partial charge in [0, 0.05) is 11.1 Å². The first kappa shape index (κ1) is 15.9. The van der Waals surface area contributed by atoms with E-state index >= 15 is 0 Å². The van der Waals surface area contributed by atoms with Crippen LogP contribution in [0.1, 0.15) is 16.9 Å². The average molecular weight is 346 g/mol. The summed E-state index contributed by atoms with van der Waals surface area (Å²) in [5, 5.41) is 10.2. The van der Waals surface area contributed by atoms with E-state index in [1.165, 1.54) is 0 Å². The lowest BCUT2D eigenvalue weighted by Crippen LogP contribution is -2.19. The third kappa shape index (κ3) is 2.80. The molecule has 0 bridgehead atoms. The number of nitrogens with two attached hydrogens (primary N) is 2. The number of aromatic hydroxyl groups is 1. The Bertz CT molecular complexity index is 1000. The van der Waals surface area contributed by atoms with Crippen LogP contribution in [0.5, 0.6) is 11.5 Å². The van der Waals surface area contributed by atoms with Gasteiger partial charge in [0.15, 0.2) is 0 Å². The van der Waals surface area contributed by atoms with Gasteiger partial charge in [-0.1, -0.05) is 36.4 Å². The van der Waals surface area contributed by atoms with Gasteiger partial charge in [0.2, 0.25) is 5.88 Å². The Labute approximate surface area is 150 Å². The Kier molecular flexibility index (Phi) is 3.89. The molecule has 2 aromatic carbocycles. The Morgan fingerprint density at radius 2 is 1.73 bits per heavy atom. The number of phenolic OH excluding ortho intramolecular Hbond substituents is 1. The number of nitrogen functional groups attached to an aromatic ring is 2. The molecule has 5 heteroatoms. The fourth-order valence-corrected chi connectivity index (χ4v) is 3.00. The van der Waals surface area contributed by atoms with E-state index in [1.54, 1.807) is 18.2 Å². The Morgan fingerprint density at radius 3 is 2.50 bits per heavy atom. The van der Waals surface area contributed by atoms with Gasteiger partial charge in [-0.2, -0.15) is 0 Å². The molecule has 26 heavy (non-hydrogen) atoms. The van der Waals surface area contributed by atoms with E-state index in [9.17, 15) is 5.11 Å². The van der Waals surface area contributed by atoms with Gasteiger partial charge in [-0.3, -0.25) is 0 Å². The maximum atomic E-state index is 10.2. The number of hydrogen-bond acceptors (Lipinski definition) is 5. The Morgan fingerprint density at radius 1 is 1.00 bits per heavy atom. The van der Waals surface area contributed by atoms with Gasteiger partial charge in [-0.05, 0) is 36.4 Å². The lowest BCUT2D eigenvalue weighted by atomic mass is 9.92. The second-order valence-corrected chi connectivity index (χ2v) is 5.99. The molecule has 4 rings (SSSR count). The molecule has 1 atom stereocenters. The van der Waals surface area contributed by atoms with E-state index in [0.717, 1.165) is 11.3 Å². The van der Waals surface area contributed by atoms with Crippen LogP contribution in [-0.4, -0.2) is 11.2 Å². The van der Waals surface area contributed by atoms with Crippen molar-refractivity contribution in [3.63, 3.8) is 0 Å². The van der Waals surface area contributed by atoms with Crippen molar-refractivity contribution in [3.05, 3.63) is 77.6 Å². The SMILES string of the molecule is Nc1oc2c(c1N)C(=Cc1ccccc1O)C(Oc1ccccc1)C=C2. The van der Waals surface area contributed by atoms with E-state index in [0.29, 0.717) is 22.6 Å². The van der Waals surface area contributed by atoms with Gasteiger partial charge in [0.1, 0.15) is 29.1 Å². The highest BCUT2D eigenvalue weighted by Crippen LogP contribution is 2.41. The zero-order chi connectivity index (χ0) is 18.1. The molecule has 1 heterocycles. The van der Waals surface area contributed by atoms with Crippen LogP contribution in [0, 0.1) is 0 Å². The zero-order valence-electron chi connectivity index (χ0n) is 13.9. The molecule has 5 N–H and O–H groups in total. The van der Waals surface area contributed by atoms with Crippen molar-refractivity contribution < 1.29 is 14.3 Å². The number of benzene rings is 2. The molecule has 5 nitrogen and oxygen atoms in total. The van der Waals surface area contributed by atoms with Crippen LogP contribution in [-0.2, 0) is 0 Å². The highest BCUT2D eigenvalue weighted by Gasteiger charge is 2.28. The maximum absolute atomic E-state index is 10.2. The summed E-state index contributed by atoms with van der Waals surface area (Å²) in [5.41, 5.74) is 14.5. The third-order valence-electron chi connectivity index (χ3n) is 4.27. The van der Waals surface area contributed by atoms with Gasteiger partial charge >= 0.3 is 0 Å². The minimum absolute atomic E-state index is 0.170. The van der Waals surface area contributed by atoms with Crippen molar-refractivity contribution in [2.75, 3.05) is 11.5 Å². The third-order valence-corrected chi connectivity index (χ3v) is 4.27. The zero-order valence-corrected chi connectivity index (χ0v) is 13.9. The quantitative estimate of drug-likeness (QED) is 0.662. The summed E-state index contributed by atoms with van der Waals surface area (Å²) in [7, 11) is 0. The number of hydrogen-bond donors (Lipinski definition) is 3. The molecular formula is C21H18N2O3. The molecular weight excluding hydrogens is 328 g/mol. The first-order chi connectivity index (χ1) is 12.6. The van der Waals surface area contributed by atoms with Gasteiger partial charge in [0.05, 0.1) is 5.56 Å². The largest absolute Gasteiger partial charge is 0.507 e. The van der Waals surface area contributed by atoms with Crippen molar-refractivity contribution in [2.24, 2.45) is 0 Å². The molecule has 0 spiro atoms. The summed E-state index contributed by atoms with van der Waals surface area (Å²) in [6.07, 6.45) is 5.13. The van der Waals surface area contributed by atoms with Crippen molar-refractivity contribution in [1.82, 2.24) is 0 Å². The van der Waals surface area contributed by atoms with Gasteiger partial charge < -0.3 is 25.7 Å². The summed E-state index contributed by atoms with van der Waals surface area (Å²) < 4.78 is 11.7. The van der Waals surface area contributed by atoms with Crippen LogP contribution < -0.4 is 16.2 Å². The van der Waals surface area contributed by atoms with Crippen LogP contribution in [0.4, 0.5) is 11.6 Å². The van der Waals surface area contributed by atoms with Crippen LogP contribution in [0.3, 0.4) is 0 Å². The molecule has 1 aliphatic carbocycles. The monoisotopic (exact) mass is 346 g/mol. The second-order valence-electron chi connectivity index (χ2n) is 5.99. The fraction of sp³-hybridized carbons (Fsp3) is 0.0476. The van der Waals surface area contributed by atoms with Crippen LogP contribution >= 0.6 is 0 Å². The molecule has 0 fully saturated rings. The van der Waals surface area contributed by atoms with E-state index in [4.69, 9.17) is 20.6 Å². The molecule has 0 saturated heterocycles. The summed E-state index contributed by atoms with van der Waals surface area (Å²) in [6.45, 7) is 0. The fourth-order valence-electron chi connectivity index (χ4n) is 3.00. The predicted molar refractivity (Wildman–Crippen MR) is 103 cm³/mol. The minimum atomic E-state index is -0.399. The van der Waals surface area contributed by atoms with Crippen LogP contribution in [0.25, 0.3) is 17.7 Å². The van der Waals surface area contributed by atoms with Crippen molar-refractivity contribution in [1.29, 1.82) is 0 Å². The number of ether oxygens (including phenoxy) is 1. The highest BCUT2D eigenvalue weighted by molar-refractivity contribution is 5.97. The van der Waals surface area contributed by atoms with Crippen molar-refractivity contribution in [2.45, 2.75) is 6.10 Å². The predicted octanol–water partition coefficient (Wildman–Crippen LogP) is 4.16. The first-order valence-corrected chi connectivity index (χ1v) is 8.21. The maximum Gasteiger partial charge on any atom is 0.214 e. The highest BCUT2D eigenvalue weighted by atomic mass is 16.5. The normalized spacial score (nSPS) is 17.2. The summed E-state index contributed by atoms with van der Waals surface area (Å²) >= 11 is 0. The van der Waals surface area contributed by atoms with E-state index in [-0.39, 0.29) is 11.6 Å². The van der Waals surface area contributed by atoms with Crippen molar-refractivity contribution in [3.8, 4) is 11.5 Å².